The number of hydrogen-bond donors (Lipinski definition) is 0. The van der Waals surface area contributed by atoms with E-state index in [-0.39, 0.29) is 24.9 Å². The zero-order valence-electron chi connectivity index (χ0n) is 13.1. The minimum absolute atomic E-state index is 0.0748. The molecule has 2 atom stereocenters. The van der Waals surface area contributed by atoms with Gasteiger partial charge in [-0.2, -0.15) is 4.31 Å². The summed E-state index contributed by atoms with van der Waals surface area (Å²) in [5.74, 6) is -2.03. The lowest BCUT2D eigenvalue weighted by atomic mass is 10.1. The molecule has 24 heavy (non-hydrogen) atoms. The Hall–Kier alpha value is -1.58. The molecule has 1 amide bonds. The minimum Gasteiger partial charge on any atom is -0.383 e. The van der Waals surface area contributed by atoms with Crippen LogP contribution >= 0.6 is 0 Å². The maximum Gasteiger partial charge on any atom is 0.243 e. The Kier molecular flexibility index (Phi) is 4.58. The van der Waals surface area contributed by atoms with Gasteiger partial charge in [-0.25, -0.2) is 17.2 Å². The Balaban J connectivity index is 1.87. The fourth-order valence-corrected chi connectivity index (χ4v) is 5.19. The molecule has 0 unspecified atom stereocenters. The van der Waals surface area contributed by atoms with Crippen molar-refractivity contribution < 1.29 is 26.7 Å². The van der Waals surface area contributed by atoms with Gasteiger partial charge in [-0.1, -0.05) is 0 Å². The SMILES string of the molecule is COCCN1C(=O)C[C@@H]2[C@@H]1CCN2S(=O)(=O)c1cc(F)cc(F)c1. The van der Waals surface area contributed by atoms with Gasteiger partial charge < -0.3 is 9.64 Å². The smallest absolute Gasteiger partial charge is 0.243 e. The number of benzene rings is 1. The molecule has 2 aliphatic rings. The van der Waals surface area contributed by atoms with Gasteiger partial charge >= 0.3 is 0 Å². The number of rotatable bonds is 5. The topological polar surface area (TPSA) is 66.9 Å². The molecule has 0 saturated carbocycles. The van der Waals surface area contributed by atoms with Gasteiger partial charge in [0, 0.05) is 32.7 Å². The number of ether oxygens (including phenoxy) is 1. The molecule has 3 rings (SSSR count). The van der Waals surface area contributed by atoms with Crippen molar-refractivity contribution in [3.63, 3.8) is 0 Å². The van der Waals surface area contributed by atoms with E-state index in [2.05, 4.69) is 0 Å². The molecule has 9 heteroatoms. The number of fused-ring (bicyclic) bond motifs is 1. The van der Waals surface area contributed by atoms with Gasteiger partial charge in [0.2, 0.25) is 15.9 Å². The molecule has 1 aromatic carbocycles. The standard InChI is InChI=1S/C15H18F2N2O4S/c1-23-5-4-18-13-2-3-19(14(13)9-15(18)20)24(21,22)12-7-10(16)6-11(17)8-12/h6-8,13-14H,2-5,9H2,1H3/t13-,14+/m0/s1. The average molecular weight is 360 g/mol. The number of amides is 1. The number of methoxy groups -OCH3 is 1. The van der Waals surface area contributed by atoms with Crippen LogP contribution in [0.4, 0.5) is 8.78 Å². The molecular weight excluding hydrogens is 342 g/mol. The highest BCUT2D eigenvalue weighted by Gasteiger charge is 2.50. The number of likely N-dealkylation sites (tertiary alicyclic amines) is 1. The van der Waals surface area contributed by atoms with Gasteiger partial charge in [0.05, 0.1) is 23.6 Å². The number of hydrogen-bond acceptors (Lipinski definition) is 4. The van der Waals surface area contributed by atoms with Crippen LogP contribution in [0.25, 0.3) is 0 Å². The van der Waals surface area contributed by atoms with Crippen LogP contribution in [0.1, 0.15) is 12.8 Å². The predicted molar refractivity (Wildman–Crippen MR) is 80.6 cm³/mol. The Labute approximate surface area is 139 Å². The maximum atomic E-state index is 13.4. The second-order valence-corrected chi connectivity index (χ2v) is 7.82. The van der Waals surface area contributed by atoms with Crippen LogP contribution in [0.3, 0.4) is 0 Å². The number of carbonyl (C=O) groups excluding carboxylic acids is 1. The highest BCUT2D eigenvalue weighted by atomic mass is 32.2. The summed E-state index contributed by atoms with van der Waals surface area (Å²) in [4.78, 5) is 13.3. The summed E-state index contributed by atoms with van der Waals surface area (Å²) in [7, 11) is -2.53. The first-order valence-electron chi connectivity index (χ1n) is 7.61. The summed E-state index contributed by atoms with van der Waals surface area (Å²) in [6, 6.07) is 1.49. The van der Waals surface area contributed by atoms with Crippen LogP contribution in [0.2, 0.25) is 0 Å². The van der Waals surface area contributed by atoms with Crippen LogP contribution in [0.15, 0.2) is 23.1 Å². The maximum absolute atomic E-state index is 13.4. The third kappa shape index (κ3) is 2.91. The number of sulfonamides is 1. The van der Waals surface area contributed by atoms with Gasteiger partial charge in [-0.3, -0.25) is 4.79 Å². The largest absolute Gasteiger partial charge is 0.383 e. The summed E-state index contributed by atoms with van der Waals surface area (Å²) < 4.78 is 58.4. The molecule has 1 aromatic rings. The molecule has 6 nitrogen and oxygen atoms in total. The van der Waals surface area contributed by atoms with E-state index in [1.165, 1.54) is 11.4 Å². The highest BCUT2D eigenvalue weighted by molar-refractivity contribution is 7.89. The lowest BCUT2D eigenvalue weighted by Crippen LogP contribution is -2.40. The molecule has 0 aliphatic carbocycles. The van der Waals surface area contributed by atoms with Crippen molar-refractivity contribution >= 4 is 15.9 Å². The quantitative estimate of drug-likeness (QED) is 0.785. The van der Waals surface area contributed by atoms with Gasteiger partial charge in [-0.15, -0.1) is 0 Å². The first-order chi connectivity index (χ1) is 11.3. The van der Waals surface area contributed by atoms with Crippen LogP contribution < -0.4 is 0 Å². The van der Waals surface area contributed by atoms with E-state index in [9.17, 15) is 22.0 Å². The normalized spacial score (nSPS) is 24.6. The predicted octanol–water partition coefficient (Wildman–Crippen LogP) is 0.975. The second-order valence-electron chi connectivity index (χ2n) is 5.93. The van der Waals surface area contributed by atoms with Crippen molar-refractivity contribution in [2.75, 3.05) is 26.8 Å². The molecule has 2 aliphatic heterocycles. The molecule has 0 aromatic heterocycles. The van der Waals surface area contributed by atoms with Crippen molar-refractivity contribution in [3.8, 4) is 0 Å². The molecule has 2 saturated heterocycles. The fraction of sp³-hybridized carbons (Fsp3) is 0.533. The molecule has 2 heterocycles. The van der Waals surface area contributed by atoms with Crippen LogP contribution in [-0.2, 0) is 19.6 Å². The van der Waals surface area contributed by atoms with Crippen molar-refractivity contribution in [1.82, 2.24) is 9.21 Å². The zero-order chi connectivity index (χ0) is 17.5. The first kappa shape index (κ1) is 17.2. The summed E-state index contributed by atoms with van der Waals surface area (Å²) >= 11 is 0. The van der Waals surface area contributed by atoms with E-state index in [1.54, 1.807) is 4.90 Å². The molecule has 0 spiro atoms. The van der Waals surface area contributed by atoms with Gasteiger partial charge in [0.1, 0.15) is 11.6 Å². The summed E-state index contributed by atoms with van der Waals surface area (Å²) in [5, 5.41) is 0. The molecule has 0 bridgehead atoms. The van der Waals surface area contributed by atoms with Gasteiger partial charge in [0.15, 0.2) is 0 Å². The van der Waals surface area contributed by atoms with Crippen LogP contribution in [-0.4, -0.2) is 62.4 Å². The van der Waals surface area contributed by atoms with E-state index >= 15 is 0 Å². The van der Waals surface area contributed by atoms with Crippen LogP contribution in [0, 0.1) is 11.6 Å². The lowest BCUT2D eigenvalue weighted by molar-refractivity contribution is -0.129. The minimum atomic E-state index is -4.06. The van der Waals surface area contributed by atoms with Crippen LogP contribution in [0.5, 0.6) is 0 Å². The fourth-order valence-electron chi connectivity index (χ4n) is 3.48. The number of halogens is 2. The Bertz CT molecular complexity index is 736. The highest BCUT2D eigenvalue weighted by Crippen LogP contribution is 2.36. The summed E-state index contributed by atoms with van der Waals surface area (Å²) in [6.07, 6.45) is 0.572. The molecular formula is C15H18F2N2O4S. The van der Waals surface area contributed by atoms with Crippen molar-refractivity contribution in [2.45, 2.75) is 29.8 Å². The Morgan fingerprint density at radius 2 is 1.88 bits per heavy atom. The molecule has 2 fully saturated rings. The lowest BCUT2D eigenvalue weighted by Gasteiger charge is -2.25. The second kappa shape index (κ2) is 6.38. The third-order valence-electron chi connectivity index (χ3n) is 4.54. The summed E-state index contributed by atoms with van der Waals surface area (Å²) in [5.41, 5.74) is 0. The van der Waals surface area contributed by atoms with Crippen molar-refractivity contribution in [3.05, 3.63) is 29.8 Å². The van der Waals surface area contributed by atoms with Crippen molar-refractivity contribution in [2.24, 2.45) is 0 Å². The van der Waals surface area contributed by atoms with Gasteiger partial charge in [0.25, 0.3) is 0 Å². The van der Waals surface area contributed by atoms with E-state index in [1.807, 2.05) is 0 Å². The first-order valence-corrected chi connectivity index (χ1v) is 9.05. The third-order valence-corrected chi connectivity index (χ3v) is 6.44. The Morgan fingerprint density at radius 3 is 2.50 bits per heavy atom. The molecule has 0 radical (unpaired) electrons. The van der Waals surface area contributed by atoms with Gasteiger partial charge in [-0.05, 0) is 18.6 Å². The van der Waals surface area contributed by atoms with Crippen molar-refractivity contribution in [1.29, 1.82) is 0 Å². The van der Waals surface area contributed by atoms with E-state index in [0.29, 0.717) is 25.6 Å². The van der Waals surface area contributed by atoms with E-state index < -0.39 is 32.6 Å². The van der Waals surface area contributed by atoms with E-state index in [0.717, 1.165) is 12.1 Å². The number of carbonyl (C=O) groups is 1. The Morgan fingerprint density at radius 1 is 1.21 bits per heavy atom. The number of nitrogens with zero attached hydrogens (tertiary/aromatic N) is 2. The molecule has 0 N–H and O–H groups in total. The van der Waals surface area contributed by atoms with E-state index in [4.69, 9.17) is 4.74 Å². The zero-order valence-corrected chi connectivity index (χ0v) is 13.9. The monoisotopic (exact) mass is 360 g/mol. The molecule has 132 valence electrons. The average Bonchev–Trinajstić information content (AvgIpc) is 3.03. The summed E-state index contributed by atoms with van der Waals surface area (Å²) in [6.45, 7) is 0.988.